The molecule has 5 heteroatoms. The van der Waals surface area contributed by atoms with Crippen LogP contribution in [0.2, 0.25) is 0 Å². The largest absolute Gasteiger partial charge is 0.399 e. The van der Waals surface area contributed by atoms with Gasteiger partial charge in [0.15, 0.2) is 0 Å². The van der Waals surface area contributed by atoms with Gasteiger partial charge in [0.05, 0.1) is 5.56 Å². The molecule has 0 aliphatic carbocycles. The Morgan fingerprint density at radius 2 is 2.24 bits per heavy atom. The molecule has 3 nitrogen and oxygen atoms in total. The molecule has 1 heterocycles. The maximum Gasteiger partial charge on any atom is 0.254 e. The molecule has 88 valence electrons. The number of carbonyl (C=O) groups is 1. The second kappa shape index (κ2) is 4.97. The van der Waals surface area contributed by atoms with E-state index < -0.39 is 11.7 Å². The van der Waals surface area contributed by atoms with Gasteiger partial charge in [0, 0.05) is 12.2 Å². The standard InChI is InChI=1S/C12H11FN2OS/c13-11-2-1-9(14)5-10(11)12(16)15-6-8-3-4-17-7-8/h1-5,7H,6,14H2,(H,15,16). The normalized spacial score (nSPS) is 10.2. The third-order valence-corrected chi connectivity index (χ3v) is 3.00. The van der Waals surface area contributed by atoms with Gasteiger partial charge in [-0.2, -0.15) is 11.3 Å². The minimum Gasteiger partial charge on any atom is -0.399 e. The molecule has 0 fully saturated rings. The zero-order chi connectivity index (χ0) is 12.3. The van der Waals surface area contributed by atoms with Crippen LogP contribution in [-0.4, -0.2) is 5.91 Å². The second-order valence-corrected chi connectivity index (χ2v) is 4.33. The molecule has 0 aliphatic heterocycles. The molecule has 0 saturated heterocycles. The Morgan fingerprint density at radius 1 is 1.41 bits per heavy atom. The molecule has 17 heavy (non-hydrogen) atoms. The van der Waals surface area contributed by atoms with Gasteiger partial charge >= 0.3 is 0 Å². The SMILES string of the molecule is Nc1ccc(F)c(C(=O)NCc2ccsc2)c1. The highest BCUT2D eigenvalue weighted by Gasteiger charge is 2.11. The van der Waals surface area contributed by atoms with Crippen LogP contribution in [-0.2, 0) is 6.54 Å². The maximum atomic E-state index is 13.4. The second-order valence-electron chi connectivity index (χ2n) is 3.55. The van der Waals surface area contributed by atoms with E-state index in [0.29, 0.717) is 12.2 Å². The summed E-state index contributed by atoms with van der Waals surface area (Å²) in [5, 5.41) is 6.49. The van der Waals surface area contributed by atoms with E-state index >= 15 is 0 Å². The van der Waals surface area contributed by atoms with Crippen molar-refractivity contribution < 1.29 is 9.18 Å². The molecule has 0 atom stereocenters. The molecular weight excluding hydrogens is 239 g/mol. The number of hydrogen-bond donors (Lipinski definition) is 2. The van der Waals surface area contributed by atoms with E-state index in [9.17, 15) is 9.18 Å². The first-order valence-electron chi connectivity index (χ1n) is 5.01. The molecule has 1 aromatic heterocycles. The van der Waals surface area contributed by atoms with E-state index in [0.717, 1.165) is 5.56 Å². The van der Waals surface area contributed by atoms with Crippen molar-refractivity contribution in [3.05, 3.63) is 52.0 Å². The van der Waals surface area contributed by atoms with Gasteiger partial charge in [-0.3, -0.25) is 4.79 Å². The van der Waals surface area contributed by atoms with E-state index in [1.165, 1.54) is 18.2 Å². The highest BCUT2D eigenvalue weighted by molar-refractivity contribution is 7.07. The molecule has 1 aromatic carbocycles. The van der Waals surface area contributed by atoms with E-state index in [2.05, 4.69) is 5.32 Å². The van der Waals surface area contributed by atoms with E-state index in [-0.39, 0.29) is 5.56 Å². The molecule has 1 amide bonds. The van der Waals surface area contributed by atoms with Crippen LogP contribution in [0, 0.1) is 5.82 Å². The summed E-state index contributed by atoms with van der Waals surface area (Å²) in [5.74, 6) is -1.02. The van der Waals surface area contributed by atoms with Crippen LogP contribution in [0.5, 0.6) is 0 Å². The monoisotopic (exact) mass is 250 g/mol. The summed E-state index contributed by atoms with van der Waals surface area (Å²) in [6.45, 7) is 0.385. The van der Waals surface area contributed by atoms with Crippen molar-refractivity contribution in [1.29, 1.82) is 0 Å². The van der Waals surface area contributed by atoms with Gasteiger partial charge in [-0.25, -0.2) is 4.39 Å². The lowest BCUT2D eigenvalue weighted by molar-refractivity contribution is 0.0947. The molecule has 0 aliphatic rings. The number of hydrogen-bond acceptors (Lipinski definition) is 3. The number of halogens is 1. The third kappa shape index (κ3) is 2.82. The van der Waals surface area contributed by atoms with E-state index in [1.54, 1.807) is 11.3 Å². The Hall–Kier alpha value is -1.88. The molecular formula is C12H11FN2OS. The number of nitrogens with one attached hydrogen (secondary N) is 1. The van der Waals surface area contributed by atoms with Crippen molar-refractivity contribution in [2.24, 2.45) is 0 Å². The zero-order valence-corrected chi connectivity index (χ0v) is 9.76. The number of nitrogen functional groups attached to an aromatic ring is 1. The summed E-state index contributed by atoms with van der Waals surface area (Å²) < 4.78 is 13.4. The zero-order valence-electron chi connectivity index (χ0n) is 8.94. The summed E-state index contributed by atoms with van der Waals surface area (Å²) in [6, 6.07) is 5.85. The molecule has 0 radical (unpaired) electrons. The average Bonchev–Trinajstić information content (AvgIpc) is 2.82. The first kappa shape index (κ1) is 11.6. The molecule has 0 bridgehead atoms. The molecule has 2 aromatic rings. The highest BCUT2D eigenvalue weighted by Crippen LogP contribution is 2.12. The summed E-state index contributed by atoms with van der Waals surface area (Å²) >= 11 is 1.55. The lowest BCUT2D eigenvalue weighted by Gasteiger charge is -2.05. The van der Waals surface area contributed by atoms with Crippen LogP contribution >= 0.6 is 11.3 Å². The maximum absolute atomic E-state index is 13.4. The molecule has 2 rings (SSSR count). The number of benzene rings is 1. The first-order valence-corrected chi connectivity index (χ1v) is 5.95. The number of thiophene rings is 1. The minimum atomic E-state index is -0.568. The van der Waals surface area contributed by atoms with Crippen molar-refractivity contribution in [2.45, 2.75) is 6.54 Å². The first-order chi connectivity index (χ1) is 8.16. The smallest absolute Gasteiger partial charge is 0.254 e. The highest BCUT2D eigenvalue weighted by atomic mass is 32.1. The minimum absolute atomic E-state index is 0.0276. The molecule has 0 saturated carbocycles. The van der Waals surface area contributed by atoms with E-state index in [4.69, 9.17) is 5.73 Å². The molecule has 3 N–H and O–H groups in total. The Morgan fingerprint density at radius 3 is 2.94 bits per heavy atom. The number of carbonyl (C=O) groups excluding carboxylic acids is 1. The van der Waals surface area contributed by atoms with Crippen LogP contribution in [0.15, 0.2) is 35.0 Å². The van der Waals surface area contributed by atoms with Gasteiger partial charge in [0.2, 0.25) is 0 Å². The van der Waals surface area contributed by atoms with Crippen molar-refractivity contribution >= 4 is 22.9 Å². The fourth-order valence-corrected chi connectivity index (χ4v) is 2.06. The van der Waals surface area contributed by atoms with Crippen molar-refractivity contribution in [2.75, 3.05) is 5.73 Å². The van der Waals surface area contributed by atoms with Gasteiger partial charge in [0.1, 0.15) is 5.82 Å². The Kier molecular flexibility index (Phi) is 3.39. The summed E-state index contributed by atoms with van der Waals surface area (Å²) in [6.07, 6.45) is 0. The van der Waals surface area contributed by atoms with Crippen LogP contribution in [0.4, 0.5) is 10.1 Å². The van der Waals surface area contributed by atoms with Crippen molar-refractivity contribution in [1.82, 2.24) is 5.32 Å². The van der Waals surface area contributed by atoms with Crippen molar-refractivity contribution in [3.63, 3.8) is 0 Å². The van der Waals surface area contributed by atoms with Gasteiger partial charge in [-0.05, 0) is 40.6 Å². The molecule has 0 unspecified atom stereocenters. The number of nitrogens with two attached hydrogens (primary N) is 1. The van der Waals surface area contributed by atoms with Crippen LogP contribution in [0.1, 0.15) is 15.9 Å². The fraction of sp³-hybridized carbons (Fsp3) is 0.0833. The van der Waals surface area contributed by atoms with Crippen LogP contribution in [0.25, 0.3) is 0 Å². The Bertz CT molecular complexity index is 525. The quantitative estimate of drug-likeness (QED) is 0.822. The van der Waals surface area contributed by atoms with Gasteiger partial charge < -0.3 is 11.1 Å². The Balaban J connectivity index is 2.07. The lowest BCUT2D eigenvalue weighted by atomic mass is 10.1. The van der Waals surface area contributed by atoms with Crippen LogP contribution < -0.4 is 11.1 Å². The van der Waals surface area contributed by atoms with Crippen LogP contribution in [0.3, 0.4) is 0 Å². The number of amides is 1. The fourth-order valence-electron chi connectivity index (χ4n) is 1.39. The predicted octanol–water partition coefficient (Wildman–Crippen LogP) is 2.40. The summed E-state index contributed by atoms with van der Waals surface area (Å²) in [4.78, 5) is 11.7. The Labute approximate surface area is 102 Å². The van der Waals surface area contributed by atoms with Gasteiger partial charge in [0.25, 0.3) is 5.91 Å². The van der Waals surface area contributed by atoms with Crippen molar-refractivity contribution in [3.8, 4) is 0 Å². The number of rotatable bonds is 3. The molecule has 0 spiro atoms. The van der Waals surface area contributed by atoms with E-state index in [1.807, 2.05) is 16.8 Å². The van der Waals surface area contributed by atoms with Gasteiger partial charge in [-0.1, -0.05) is 0 Å². The predicted molar refractivity (Wildman–Crippen MR) is 66.3 cm³/mol. The lowest BCUT2D eigenvalue weighted by Crippen LogP contribution is -2.23. The van der Waals surface area contributed by atoms with Gasteiger partial charge in [-0.15, -0.1) is 0 Å². The topological polar surface area (TPSA) is 55.1 Å². The average molecular weight is 250 g/mol. The summed E-state index contributed by atoms with van der Waals surface area (Å²) in [5.41, 5.74) is 6.84. The number of anilines is 1. The third-order valence-electron chi connectivity index (χ3n) is 2.27. The summed E-state index contributed by atoms with van der Waals surface area (Å²) in [7, 11) is 0.